The van der Waals surface area contributed by atoms with E-state index >= 15 is 0 Å². The Labute approximate surface area is 107 Å². The molecule has 2 aromatic rings. The van der Waals surface area contributed by atoms with E-state index in [1.807, 2.05) is 6.07 Å². The van der Waals surface area contributed by atoms with Crippen LogP contribution in [0.3, 0.4) is 0 Å². The minimum atomic E-state index is 0.554. The van der Waals surface area contributed by atoms with Gasteiger partial charge in [-0.2, -0.15) is 0 Å². The average molecular weight is 242 g/mol. The van der Waals surface area contributed by atoms with E-state index in [1.54, 1.807) is 6.20 Å². The summed E-state index contributed by atoms with van der Waals surface area (Å²) in [5, 5.41) is 0.957. The number of piperidine rings is 1. The summed E-state index contributed by atoms with van der Waals surface area (Å²) in [6.07, 6.45) is 5.49. The fourth-order valence-electron chi connectivity index (χ4n) is 2.57. The van der Waals surface area contributed by atoms with Gasteiger partial charge in [0.2, 0.25) is 0 Å². The number of nitrogens with two attached hydrogens (primary N) is 2. The van der Waals surface area contributed by atoms with Crippen molar-refractivity contribution >= 4 is 28.0 Å². The van der Waals surface area contributed by atoms with Gasteiger partial charge in [-0.05, 0) is 37.5 Å². The molecule has 1 saturated heterocycles. The maximum Gasteiger partial charge on any atom is 0.0740 e. The first-order valence-electron chi connectivity index (χ1n) is 6.44. The van der Waals surface area contributed by atoms with Crippen LogP contribution in [0.2, 0.25) is 0 Å². The van der Waals surface area contributed by atoms with E-state index in [4.69, 9.17) is 11.5 Å². The number of fused-ring (bicyclic) bond motifs is 1. The van der Waals surface area contributed by atoms with Gasteiger partial charge < -0.3 is 16.4 Å². The standard InChI is InChI=1S/C14H18N4/c15-12-9-17-13-5-4-10(8-11(13)14(12)16)18-6-2-1-3-7-18/h4-5,8-9H,1-3,6-7,15H2,(H2,16,17). The molecule has 0 aliphatic carbocycles. The molecule has 3 rings (SSSR count). The number of nitrogens with zero attached hydrogens (tertiary/aromatic N) is 2. The molecular weight excluding hydrogens is 224 g/mol. The van der Waals surface area contributed by atoms with E-state index in [0.29, 0.717) is 11.4 Å². The molecule has 18 heavy (non-hydrogen) atoms. The molecule has 2 heterocycles. The van der Waals surface area contributed by atoms with Crippen LogP contribution < -0.4 is 16.4 Å². The summed E-state index contributed by atoms with van der Waals surface area (Å²) in [6, 6.07) is 6.25. The van der Waals surface area contributed by atoms with E-state index in [0.717, 1.165) is 24.0 Å². The molecule has 0 radical (unpaired) electrons. The Morgan fingerprint density at radius 3 is 2.61 bits per heavy atom. The largest absolute Gasteiger partial charge is 0.396 e. The Balaban J connectivity index is 2.06. The van der Waals surface area contributed by atoms with Gasteiger partial charge in [-0.1, -0.05) is 0 Å². The molecule has 0 atom stereocenters. The molecule has 4 N–H and O–H groups in total. The molecule has 4 heteroatoms. The first-order chi connectivity index (χ1) is 8.75. The first-order valence-corrected chi connectivity index (χ1v) is 6.44. The lowest BCUT2D eigenvalue weighted by atomic mass is 10.1. The zero-order valence-corrected chi connectivity index (χ0v) is 10.4. The van der Waals surface area contributed by atoms with Crippen molar-refractivity contribution < 1.29 is 0 Å². The van der Waals surface area contributed by atoms with Gasteiger partial charge in [-0.15, -0.1) is 0 Å². The Morgan fingerprint density at radius 1 is 1.06 bits per heavy atom. The van der Waals surface area contributed by atoms with Crippen LogP contribution in [0.15, 0.2) is 24.4 Å². The number of benzene rings is 1. The molecule has 1 aromatic heterocycles. The molecule has 1 aliphatic heterocycles. The highest BCUT2D eigenvalue weighted by Gasteiger charge is 2.12. The fraction of sp³-hybridized carbons (Fsp3) is 0.357. The predicted octanol–water partition coefficient (Wildman–Crippen LogP) is 2.39. The van der Waals surface area contributed by atoms with Crippen molar-refractivity contribution in [3.8, 4) is 0 Å². The van der Waals surface area contributed by atoms with Gasteiger partial charge in [0.05, 0.1) is 23.1 Å². The molecular formula is C14H18N4. The van der Waals surface area contributed by atoms with Gasteiger partial charge in [0.15, 0.2) is 0 Å². The highest BCUT2D eigenvalue weighted by molar-refractivity contribution is 5.97. The summed E-state index contributed by atoms with van der Waals surface area (Å²) in [7, 11) is 0. The van der Waals surface area contributed by atoms with Crippen LogP contribution in [0.5, 0.6) is 0 Å². The summed E-state index contributed by atoms with van der Waals surface area (Å²) in [5.41, 5.74) is 15.2. The third-order valence-electron chi connectivity index (χ3n) is 3.65. The lowest BCUT2D eigenvalue weighted by Gasteiger charge is -2.29. The average Bonchev–Trinajstić information content (AvgIpc) is 2.44. The lowest BCUT2D eigenvalue weighted by molar-refractivity contribution is 0.578. The Kier molecular flexibility index (Phi) is 2.70. The number of rotatable bonds is 1. The zero-order valence-electron chi connectivity index (χ0n) is 10.4. The predicted molar refractivity (Wildman–Crippen MR) is 76.6 cm³/mol. The third kappa shape index (κ3) is 1.83. The fourth-order valence-corrected chi connectivity index (χ4v) is 2.57. The summed E-state index contributed by atoms with van der Waals surface area (Å²) in [4.78, 5) is 6.71. The van der Waals surface area contributed by atoms with Crippen LogP contribution in [-0.2, 0) is 0 Å². The van der Waals surface area contributed by atoms with Crippen LogP contribution in [0.1, 0.15) is 19.3 Å². The number of nitrogen functional groups attached to an aromatic ring is 2. The molecule has 1 aromatic carbocycles. The summed E-state index contributed by atoms with van der Waals surface area (Å²) in [5.74, 6) is 0. The van der Waals surface area contributed by atoms with E-state index in [-0.39, 0.29) is 0 Å². The van der Waals surface area contributed by atoms with E-state index < -0.39 is 0 Å². The SMILES string of the molecule is Nc1cnc2ccc(N3CCCCC3)cc2c1N. The Hall–Kier alpha value is -1.97. The van der Waals surface area contributed by atoms with E-state index in [2.05, 4.69) is 22.0 Å². The van der Waals surface area contributed by atoms with Gasteiger partial charge >= 0.3 is 0 Å². The first kappa shape index (κ1) is 11.1. The van der Waals surface area contributed by atoms with Crippen molar-refractivity contribution in [2.24, 2.45) is 0 Å². The van der Waals surface area contributed by atoms with Crippen molar-refractivity contribution in [3.63, 3.8) is 0 Å². The molecule has 94 valence electrons. The van der Waals surface area contributed by atoms with Crippen molar-refractivity contribution in [2.45, 2.75) is 19.3 Å². The zero-order chi connectivity index (χ0) is 12.5. The van der Waals surface area contributed by atoms with Gasteiger partial charge in [-0.3, -0.25) is 4.98 Å². The molecule has 0 spiro atoms. The second-order valence-electron chi connectivity index (χ2n) is 4.88. The maximum absolute atomic E-state index is 6.03. The topological polar surface area (TPSA) is 68.2 Å². The summed E-state index contributed by atoms with van der Waals surface area (Å²) >= 11 is 0. The van der Waals surface area contributed by atoms with Crippen LogP contribution in [0, 0.1) is 0 Å². The van der Waals surface area contributed by atoms with Crippen LogP contribution in [0.25, 0.3) is 10.9 Å². The molecule has 4 nitrogen and oxygen atoms in total. The third-order valence-corrected chi connectivity index (χ3v) is 3.65. The van der Waals surface area contributed by atoms with Crippen molar-refractivity contribution in [1.82, 2.24) is 4.98 Å². The lowest BCUT2D eigenvalue weighted by Crippen LogP contribution is -2.29. The van der Waals surface area contributed by atoms with Crippen LogP contribution in [0.4, 0.5) is 17.1 Å². The van der Waals surface area contributed by atoms with Crippen LogP contribution >= 0.6 is 0 Å². The molecule has 0 saturated carbocycles. The van der Waals surface area contributed by atoms with Gasteiger partial charge in [0.1, 0.15) is 0 Å². The Bertz CT molecular complexity index is 573. The van der Waals surface area contributed by atoms with Gasteiger partial charge in [0.25, 0.3) is 0 Å². The number of aromatic nitrogens is 1. The van der Waals surface area contributed by atoms with E-state index in [1.165, 1.54) is 24.9 Å². The van der Waals surface area contributed by atoms with Crippen molar-refractivity contribution in [2.75, 3.05) is 29.5 Å². The second-order valence-corrected chi connectivity index (χ2v) is 4.88. The molecule has 0 amide bonds. The molecule has 1 aliphatic rings. The number of hydrogen-bond acceptors (Lipinski definition) is 4. The number of anilines is 3. The highest BCUT2D eigenvalue weighted by atomic mass is 15.1. The highest BCUT2D eigenvalue weighted by Crippen LogP contribution is 2.29. The van der Waals surface area contributed by atoms with Crippen molar-refractivity contribution in [1.29, 1.82) is 0 Å². The summed E-state index contributed by atoms with van der Waals surface area (Å²) in [6.45, 7) is 2.25. The van der Waals surface area contributed by atoms with Crippen LogP contribution in [-0.4, -0.2) is 18.1 Å². The quantitative estimate of drug-likeness (QED) is 0.805. The number of pyridine rings is 1. The smallest absolute Gasteiger partial charge is 0.0740 e. The molecule has 1 fully saturated rings. The minimum Gasteiger partial charge on any atom is -0.396 e. The molecule has 0 bridgehead atoms. The molecule has 0 unspecified atom stereocenters. The van der Waals surface area contributed by atoms with Gasteiger partial charge in [0, 0.05) is 24.2 Å². The van der Waals surface area contributed by atoms with Gasteiger partial charge in [-0.25, -0.2) is 0 Å². The Morgan fingerprint density at radius 2 is 1.83 bits per heavy atom. The minimum absolute atomic E-state index is 0.554. The van der Waals surface area contributed by atoms with Crippen molar-refractivity contribution in [3.05, 3.63) is 24.4 Å². The summed E-state index contributed by atoms with van der Waals surface area (Å²) < 4.78 is 0. The maximum atomic E-state index is 6.03. The number of hydrogen-bond donors (Lipinski definition) is 2. The van der Waals surface area contributed by atoms with E-state index in [9.17, 15) is 0 Å². The normalized spacial score (nSPS) is 16.1. The monoisotopic (exact) mass is 242 g/mol. The second kappa shape index (κ2) is 4.37.